The Morgan fingerprint density at radius 1 is 1.29 bits per heavy atom. The van der Waals surface area contributed by atoms with E-state index < -0.39 is 15.7 Å². The van der Waals surface area contributed by atoms with Crippen LogP contribution in [0.15, 0.2) is 35.4 Å². The highest BCUT2D eigenvalue weighted by atomic mass is 35.5. The summed E-state index contributed by atoms with van der Waals surface area (Å²) in [6.07, 6.45) is 2.52. The number of nitrogens with zero attached hydrogens (tertiary/aromatic N) is 1. The summed E-state index contributed by atoms with van der Waals surface area (Å²) in [6, 6.07) is 5.84. The topological polar surface area (TPSA) is 106 Å². The zero-order valence-corrected chi connectivity index (χ0v) is 15.6. The van der Waals surface area contributed by atoms with Gasteiger partial charge < -0.3 is 10.3 Å². The Kier molecular flexibility index (Phi) is 6.46. The summed E-state index contributed by atoms with van der Waals surface area (Å²) in [5.74, 6) is -0.765. The van der Waals surface area contributed by atoms with Gasteiger partial charge in [-0.1, -0.05) is 29.3 Å². The van der Waals surface area contributed by atoms with Crippen molar-refractivity contribution in [1.82, 2.24) is 4.57 Å². The molecule has 0 aliphatic heterocycles. The zero-order chi connectivity index (χ0) is 17.4. The SMILES string of the molecule is CS(=O)(=O)c1cc(Cn2cc(Cl)cc(C(N)=O)c2=N)ccc1Cl.Cl. The molecule has 0 bridgehead atoms. The van der Waals surface area contributed by atoms with Crippen LogP contribution in [0.1, 0.15) is 15.9 Å². The second kappa shape index (κ2) is 7.57. The predicted molar refractivity (Wildman–Crippen MR) is 94.7 cm³/mol. The van der Waals surface area contributed by atoms with Crippen LogP contribution in [0.3, 0.4) is 0 Å². The van der Waals surface area contributed by atoms with Crippen LogP contribution < -0.4 is 11.2 Å². The molecule has 10 heteroatoms. The van der Waals surface area contributed by atoms with E-state index in [4.69, 9.17) is 34.3 Å². The van der Waals surface area contributed by atoms with E-state index >= 15 is 0 Å². The number of hydrogen-bond acceptors (Lipinski definition) is 4. The average molecular weight is 411 g/mol. The quantitative estimate of drug-likeness (QED) is 0.807. The van der Waals surface area contributed by atoms with Crippen molar-refractivity contribution < 1.29 is 13.2 Å². The van der Waals surface area contributed by atoms with Crippen LogP contribution in [0.25, 0.3) is 0 Å². The molecule has 0 atom stereocenters. The molecule has 1 aromatic heterocycles. The number of carbonyl (C=O) groups excluding carboxylic acids is 1. The summed E-state index contributed by atoms with van der Waals surface area (Å²) in [6.45, 7) is 0.138. The molecule has 0 saturated carbocycles. The maximum absolute atomic E-state index is 11.7. The Labute approximate surface area is 155 Å². The molecule has 0 radical (unpaired) electrons. The number of sulfone groups is 1. The lowest BCUT2D eigenvalue weighted by Gasteiger charge is -2.11. The first-order chi connectivity index (χ1) is 10.6. The fourth-order valence-corrected chi connectivity index (χ4v) is 3.60. The minimum atomic E-state index is -3.48. The van der Waals surface area contributed by atoms with Crippen LogP contribution in [0, 0.1) is 5.41 Å². The van der Waals surface area contributed by atoms with Gasteiger partial charge in [-0.15, -0.1) is 12.4 Å². The summed E-state index contributed by atoms with van der Waals surface area (Å²) < 4.78 is 24.8. The molecule has 0 aliphatic rings. The number of amides is 1. The molecule has 1 aromatic carbocycles. The van der Waals surface area contributed by atoms with E-state index in [0.29, 0.717) is 5.56 Å². The number of rotatable bonds is 4. The molecule has 0 spiro atoms. The first-order valence-corrected chi connectivity index (χ1v) is 8.97. The van der Waals surface area contributed by atoms with Gasteiger partial charge in [0.15, 0.2) is 9.84 Å². The molecule has 2 aromatic rings. The van der Waals surface area contributed by atoms with Crippen LogP contribution in [-0.4, -0.2) is 25.1 Å². The molecule has 0 unspecified atom stereocenters. The van der Waals surface area contributed by atoms with Gasteiger partial charge in [0.2, 0.25) is 0 Å². The van der Waals surface area contributed by atoms with Crippen LogP contribution in [0.4, 0.5) is 0 Å². The Bertz CT molecular complexity index is 955. The molecule has 0 fully saturated rings. The molecule has 2 rings (SSSR count). The van der Waals surface area contributed by atoms with E-state index in [1.807, 2.05) is 0 Å². The van der Waals surface area contributed by atoms with Gasteiger partial charge in [0.1, 0.15) is 5.49 Å². The van der Waals surface area contributed by atoms with Crippen molar-refractivity contribution in [2.75, 3.05) is 6.26 Å². The minimum Gasteiger partial charge on any atom is -0.365 e. The molecule has 130 valence electrons. The number of aromatic nitrogens is 1. The molecule has 0 aliphatic carbocycles. The van der Waals surface area contributed by atoms with Crippen LogP contribution in [0.5, 0.6) is 0 Å². The fourth-order valence-electron chi connectivity index (χ4n) is 2.05. The van der Waals surface area contributed by atoms with E-state index in [0.717, 1.165) is 6.26 Å². The number of benzene rings is 1. The van der Waals surface area contributed by atoms with E-state index in [1.165, 1.54) is 29.0 Å². The van der Waals surface area contributed by atoms with Gasteiger partial charge in [0.25, 0.3) is 5.91 Å². The van der Waals surface area contributed by atoms with Crippen molar-refractivity contribution in [2.24, 2.45) is 5.73 Å². The van der Waals surface area contributed by atoms with Crippen LogP contribution in [0.2, 0.25) is 10.0 Å². The highest BCUT2D eigenvalue weighted by Crippen LogP contribution is 2.23. The fraction of sp³-hybridized carbons (Fsp3) is 0.143. The summed E-state index contributed by atoms with van der Waals surface area (Å²) in [4.78, 5) is 11.3. The lowest BCUT2D eigenvalue weighted by Crippen LogP contribution is -2.29. The number of pyridine rings is 1. The lowest BCUT2D eigenvalue weighted by molar-refractivity contribution is 0.0997. The third-order valence-electron chi connectivity index (χ3n) is 3.12. The van der Waals surface area contributed by atoms with E-state index in [2.05, 4.69) is 0 Å². The first kappa shape index (κ1) is 20.5. The molecule has 1 amide bonds. The molecule has 1 heterocycles. The third kappa shape index (κ3) is 4.51. The molecule has 6 nitrogen and oxygen atoms in total. The van der Waals surface area contributed by atoms with Crippen molar-refractivity contribution in [3.63, 3.8) is 0 Å². The first-order valence-electron chi connectivity index (χ1n) is 6.32. The van der Waals surface area contributed by atoms with E-state index in [-0.39, 0.29) is 44.9 Å². The normalized spacial score (nSPS) is 11.0. The van der Waals surface area contributed by atoms with Gasteiger partial charge in [-0.3, -0.25) is 10.2 Å². The smallest absolute Gasteiger partial charge is 0.252 e. The van der Waals surface area contributed by atoms with Gasteiger partial charge in [-0.25, -0.2) is 8.42 Å². The number of hydrogen-bond donors (Lipinski definition) is 2. The Hall–Kier alpha value is -1.54. The number of primary amides is 1. The minimum absolute atomic E-state index is 0. The summed E-state index contributed by atoms with van der Waals surface area (Å²) in [5.41, 5.74) is 5.68. The lowest BCUT2D eigenvalue weighted by atomic mass is 10.2. The van der Waals surface area contributed by atoms with E-state index in [9.17, 15) is 13.2 Å². The summed E-state index contributed by atoms with van der Waals surface area (Å²) in [5, 5.41) is 8.37. The molecule has 3 N–H and O–H groups in total. The van der Waals surface area contributed by atoms with Gasteiger partial charge >= 0.3 is 0 Å². The standard InChI is InChI=1S/C14H13Cl2N3O3S.ClH/c1-23(21,22)12-4-8(2-3-11(12)16)6-19-7-9(15)5-10(13(19)17)14(18)20;/h2-5,7,17H,6H2,1H3,(H2,18,20);1H. The second-order valence-corrected chi connectivity index (χ2v) is 7.78. The highest BCUT2D eigenvalue weighted by molar-refractivity contribution is 7.90. The molecular weight excluding hydrogens is 397 g/mol. The van der Waals surface area contributed by atoms with Crippen LogP contribution in [-0.2, 0) is 16.4 Å². The van der Waals surface area contributed by atoms with Gasteiger partial charge in [-0.05, 0) is 23.8 Å². The maximum Gasteiger partial charge on any atom is 0.252 e. The van der Waals surface area contributed by atoms with Gasteiger partial charge in [-0.2, -0.15) is 0 Å². The Morgan fingerprint density at radius 2 is 1.92 bits per heavy atom. The number of carbonyl (C=O) groups is 1. The Balaban J connectivity index is 0.00000288. The number of nitrogens with two attached hydrogens (primary N) is 1. The van der Waals surface area contributed by atoms with Crippen molar-refractivity contribution in [3.8, 4) is 0 Å². The highest BCUT2D eigenvalue weighted by Gasteiger charge is 2.14. The molecule has 24 heavy (non-hydrogen) atoms. The van der Waals surface area contributed by atoms with E-state index in [1.54, 1.807) is 6.07 Å². The second-order valence-electron chi connectivity index (χ2n) is 4.95. The largest absolute Gasteiger partial charge is 0.365 e. The average Bonchev–Trinajstić information content (AvgIpc) is 2.43. The van der Waals surface area contributed by atoms with Crippen molar-refractivity contribution in [3.05, 3.63) is 57.1 Å². The molecular formula is C14H14Cl3N3O3S. The Morgan fingerprint density at radius 3 is 2.46 bits per heavy atom. The van der Waals surface area contributed by atoms with Crippen molar-refractivity contribution in [2.45, 2.75) is 11.4 Å². The molecule has 0 saturated heterocycles. The maximum atomic E-state index is 11.7. The van der Waals surface area contributed by atoms with Gasteiger partial charge in [0.05, 0.1) is 20.5 Å². The van der Waals surface area contributed by atoms with Crippen molar-refractivity contribution >= 4 is 51.4 Å². The summed E-state index contributed by atoms with van der Waals surface area (Å²) >= 11 is 11.8. The third-order valence-corrected chi connectivity index (χ3v) is 4.90. The van der Waals surface area contributed by atoms with Crippen molar-refractivity contribution in [1.29, 1.82) is 5.41 Å². The predicted octanol–water partition coefficient (Wildman–Crippen LogP) is 2.25. The summed E-state index contributed by atoms with van der Waals surface area (Å²) in [7, 11) is -3.48. The van der Waals surface area contributed by atoms with Gasteiger partial charge in [0, 0.05) is 19.0 Å². The number of halogens is 3. The van der Waals surface area contributed by atoms with Crippen LogP contribution >= 0.6 is 35.6 Å². The zero-order valence-electron chi connectivity index (χ0n) is 12.4. The number of nitrogens with one attached hydrogen (secondary N) is 1. The monoisotopic (exact) mass is 409 g/mol.